The van der Waals surface area contributed by atoms with E-state index in [0.717, 1.165) is 12.8 Å². The Bertz CT molecular complexity index is 598. The van der Waals surface area contributed by atoms with Crippen molar-refractivity contribution >= 4 is 17.5 Å². The molecule has 0 saturated heterocycles. The monoisotopic (exact) mass is 361 g/mol. The van der Waals surface area contributed by atoms with E-state index in [1.165, 1.54) is 25.7 Å². The van der Waals surface area contributed by atoms with E-state index in [2.05, 4.69) is 10.6 Å². The lowest BCUT2D eigenvalue weighted by Crippen LogP contribution is -2.48. The summed E-state index contributed by atoms with van der Waals surface area (Å²) in [6.45, 7) is 1.99. The second-order valence-electron chi connectivity index (χ2n) is 7.07. The average molecular weight is 361 g/mol. The average Bonchev–Trinajstić information content (AvgIpc) is 2.89. The minimum absolute atomic E-state index is 0.00594. The number of hydrogen-bond acceptors (Lipinski definition) is 4. The summed E-state index contributed by atoms with van der Waals surface area (Å²) in [4.78, 5) is 26.5. The number of ether oxygens (including phenoxy) is 1. The smallest absolute Gasteiger partial charge is 0.238 e. The van der Waals surface area contributed by atoms with Crippen molar-refractivity contribution in [3.63, 3.8) is 0 Å². The van der Waals surface area contributed by atoms with Crippen LogP contribution in [0.3, 0.4) is 0 Å². The SMILES string of the molecule is COc1cccc(NC(=O)CN(C)C(C)C(=O)NC2CCCCCC2)c1. The van der Waals surface area contributed by atoms with E-state index in [-0.39, 0.29) is 30.4 Å². The van der Waals surface area contributed by atoms with Crippen LogP contribution < -0.4 is 15.4 Å². The highest BCUT2D eigenvalue weighted by Gasteiger charge is 2.23. The fourth-order valence-electron chi connectivity index (χ4n) is 3.21. The summed E-state index contributed by atoms with van der Waals surface area (Å²) in [7, 11) is 3.38. The molecule has 1 aromatic carbocycles. The zero-order chi connectivity index (χ0) is 18.9. The van der Waals surface area contributed by atoms with E-state index in [4.69, 9.17) is 4.74 Å². The zero-order valence-electron chi connectivity index (χ0n) is 16.1. The minimum Gasteiger partial charge on any atom is -0.497 e. The van der Waals surface area contributed by atoms with Crippen molar-refractivity contribution in [2.24, 2.45) is 0 Å². The zero-order valence-corrected chi connectivity index (χ0v) is 16.1. The number of rotatable bonds is 7. The van der Waals surface area contributed by atoms with E-state index in [1.807, 2.05) is 25.1 Å². The first-order chi connectivity index (χ1) is 12.5. The number of methoxy groups -OCH3 is 1. The molecule has 1 fully saturated rings. The van der Waals surface area contributed by atoms with Gasteiger partial charge in [0, 0.05) is 17.8 Å². The molecule has 1 aliphatic rings. The molecule has 0 spiro atoms. The molecule has 0 aromatic heterocycles. The van der Waals surface area contributed by atoms with Gasteiger partial charge in [-0.15, -0.1) is 0 Å². The summed E-state index contributed by atoms with van der Waals surface area (Å²) in [6.07, 6.45) is 6.98. The quantitative estimate of drug-likeness (QED) is 0.733. The van der Waals surface area contributed by atoms with Crippen LogP contribution in [0.1, 0.15) is 45.4 Å². The Morgan fingerprint density at radius 3 is 2.58 bits per heavy atom. The molecule has 1 atom stereocenters. The van der Waals surface area contributed by atoms with Crippen molar-refractivity contribution in [3.05, 3.63) is 24.3 Å². The number of hydrogen-bond donors (Lipinski definition) is 2. The van der Waals surface area contributed by atoms with Crippen LogP contribution in [-0.4, -0.2) is 49.5 Å². The van der Waals surface area contributed by atoms with E-state index >= 15 is 0 Å². The van der Waals surface area contributed by atoms with Crippen molar-refractivity contribution in [1.29, 1.82) is 0 Å². The Morgan fingerprint density at radius 1 is 1.23 bits per heavy atom. The topological polar surface area (TPSA) is 70.7 Å². The van der Waals surface area contributed by atoms with Gasteiger partial charge >= 0.3 is 0 Å². The summed E-state index contributed by atoms with van der Waals surface area (Å²) in [5, 5.41) is 5.99. The Kier molecular flexibility index (Phi) is 7.91. The highest BCUT2D eigenvalue weighted by molar-refractivity contribution is 5.93. The van der Waals surface area contributed by atoms with E-state index < -0.39 is 0 Å². The fourth-order valence-corrected chi connectivity index (χ4v) is 3.21. The van der Waals surface area contributed by atoms with Crippen LogP contribution in [0.5, 0.6) is 5.75 Å². The van der Waals surface area contributed by atoms with Gasteiger partial charge in [-0.05, 0) is 38.9 Å². The predicted octanol–water partition coefficient (Wildman–Crippen LogP) is 2.79. The summed E-state index contributed by atoms with van der Waals surface area (Å²) in [5.41, 5.74) is 0.679. The highest BCUT2D eigenvalue weighted by Crippen LogP contribution is 2.18. The number of nitrogens with zero attached hydrogens (tertiary/aromatic N) is 1. The van der Waals surface area contributed by atoms with E-state index in [1.54, 1.807) is 25.1 Å². The number of carbonyl (C=O) groups is 2. The molecule has 1 aromatic rings. The van der Waals surface area contributed by atoms with Crippen LogP contribution in [-0.2, 0) is 9.59 Å². The molecule has 0 bridgehead atoms. The van der Waals surface area contributed by atoms with Crippen LogP contribution in [0.2, 0.25) is 0 Å². The molecule has 1 saturated carbocycles. The molecule has 1 aliphatic carbocycles. The standard InChI is InChI=1S/C20H31N3O3/c1-15(20(25)22-16-9-6-4-5-7-10-16)23(2)14-19(24)21-17-11-8-12-18(13-17)26-3/h8,11-13,15-16H,4-7,9-10,14H2,1-3H3,(H,21,24)(H,22,25). The number of anilines is 1. The van der Waals surface area contributed by atoms with Gasteiger partial charge in [-0.2, -0.15) is 0 Å². The first kappa shape index (κ1) is 20.2. The molecule has 144 valence electrons. The molecule has 1 unspecified atom stereocenters. The van der Waals surface area contributed by atoms with Crippen molar-refractivity contribution in [2.45, 2.75) is 57.5 Å². The molecule has 2 N–H and O–H groups in total. The third-order valence-electron chi connectivity index (χ3n) is 4.99. The lowest BCUT2D eigenvalue weighted by atomic mass is 10.1. The number of carbonyl (C=O) groups excluding carboxylic acids is 2. The van der Waals surface area contributed by atoms with Gasteiger partial charge in [-0.1, -0.05) is 31.7 Å². The first-order valence-corrected chi connectivity index (χ1v) is 9.44. The number of nitrogens with one attached hydrogen (secondary N) is 2. The summed E-state index contributed by atoms with van der Waals surface area (Å²) in [5.74, 6) is 0.524. The largest absolute Gasteiger partial charge is 0.497 e. The Morgan fingerprint density at radius 2 is 1.92 bits per heavy atom. The Hall–Kier alpha value is -2.08. The lowest BCUT2D eigenvalue weighted by Gasteiger charge is -2.26. The lowest BCUT2D eigenvalue weighted by molar-refractivity contribution is -0.127. The minimum atomic E-state index is -0.352. The molecular weight excluding hydrogens is 330 g/mol. The fraction of sp³-hybridized carbons (Fsp3) is 0.600. The van der Waals surface area contributed by atoms with Crippen molar-refractivity contribution in [2.75, 3.05) is 26.0 Å². The third kappa shape index (κ3) is 6.33. The van der Waals surface area contributed by atoms with Gasteiger partial charge in [-0.25, -0.2) is 0 Å². The van der Waals surface area contributed by atoms with Gasteiger partial charge in [-0.3, -0.25) is 14.5 Å². The van der Waals surface area contributed by atoms with Crippen molar-refractivity contribution < 1.29 is 14.3 Å². The molecule has 0 radical (unpaired) electrons. The molecule has 2 rings (SSSR count). The normalized spacial score (nSPS) is 16.6. The molecule has 0 heterocycles. The summed E-state index contributed by atoms with van der Waals surface area (Å²) >= 11 is 0. The number of likely N-dealkylation sites (N-methyl/N-ethyl adjacent to an activating group) is 1. The summed E-state index contributed by atoms with van der Waals surface area (Å²) in [6, 6.07) is 7.13. The van der Waals surface area contributed by atoms with Gasteiger partial charge in [0.2, 0.25) is 11.8 Å². The van der Waals surface area contributed by atoms with Gasteiger partial charge in [0.25, 0.3) is 0 Å². The second kappa shape index (κ2) is 10.2. The Balaban J connectivity index is 1.81. The van der Waals surface area contributed by atoms with Gasteiger partial charge < -0.3 is 15.4 Å². The molecule has 26 heavy (non-hydrogen) atoms. The van der Waals surface area contributed by atoms with Crippen molar-refractivity contribution in [3.8, 4) is 5.75 Å². The van der Waals surface area contributed by atoms with Gasteiger partial charge in [0.05, 0.1) is 19.7 Å². The van der Waals surface area contributed by atoms with Crippen molar-refractivity contribution in [1.82, 2.24) is 10.2 Å². The molecular formula is C20H31N3O3. The molecule has 0 aliphatic heterocycles. The van der Waals surface area contributed by atoms with Crippen LogP contribution in [0.15, 0.2) is 24.3 Å². The second-order valence-corrected chi connectivity index (χ2v) is 7.07. The van der Waals surface area contributed by atoms with Crippen LogP contribution in [0.25, 0.3) is 0 Å². The predicted molar refractivity (Wildman–Crippen MR) is 103 cm³/mol. The maximum atomic E-state index is 12.5. The number of benzene rings is 1. The van der Waals surface area contributed by atoms with Crippen LogP contribution in [0.4, 0.5) is 5.69 Å². The van der Waals surface area contributed by atoms with E-state index in [9.17, 15) is 9.59 Å². The van der Waals surface area contributed by atoms with Gasteiger partial charge in [0.1, 0.15) is 5.75 Å². The van der Waals surface area contributed by atoms with E-state index in [0.29, 0.717) is 11.4 Å². The summed E-state index contributed by atoms with van der Waals surface area (Å²) < 4.78 is 5.15. The van der Waals surface area contributed by atoms with Gasteiger partial charge in [0.15, 0.2) is 0 Å². The molecule has 6 nitrogen and oxygen atoms in total. The number of amides is 2. The van der Waals surface area contributed by atoms with Crippen LogP contribution in [0, 0.1) is 0 Å². The Labute approximate surface area is 156 Å². The maximum absolute atomic E-state index is 12.5. The molecule has 2 amide bonds. The highest BCUT2D eigenvalue weighted by atomic mass is 16.5. The maximum Gasteiger partial charge on any atom is 0.238 e. The third-order valence-corrected chi connectivity index (χ3v) is 4.99. The first-order valence-electron chi connectivity index (χ1n) is 9.44. The molecule has 6 heteroatoms. The van der Waals surface area contributed by atoms with Crippen LogP contribution >= 0.6 is 0 Å².